The molecule has 0 heterocycles. The molecule has 1 unspecified atom stereocenters. The Morgan fingerprint density at radius 1 is 1.15 bits per heavy atom. The summed E-state index contributed by atoms with van der Waals surface area (Å²) in [5.41, 5.74) is 1.82. The van der Waals surface area contributed by atoms with Gasteiger partial charge in [-0.25, -0.2) is 8.42 Å². The van der Waals surface area contributed by atoms with Crippen molar-refractivity contribution in [2.75, 3.05) is 20.5 Å². The van der Waals surface area contributed by atoms with E-state index in [2.05, 4.69) is 15.9 Å². The zero-order valence-electron chi connectivity index (χ0n) is 12.7. The van der Waals surface area contributed by atoms with Gasteiger partial charge in [0.05, 0.1) is 23.8 Å². The molecule has 0 aliphatic carbocycles. The van der Waals surface area contributed by atoms with Crippen LogP contribution in [0, 0.1) is 6.92 Å². The molecule has 0 fully saturated rings. The summed E-state index contributed by atoms with van der Waals surface area (Å²) in [5, 5.41) is 0. The van der Waals surface area contributed by atoms with Gasteiger partial charge in [0.25, 0.3) is 0 Å². The van der Waals surface area contributed by atoms with Gasteiger partial charge in [0, 0.05) is 6.26 Å². The van der Waals surface area contributed by atoms with Gasteiger partial charge in [-0.1, -0.05) is 15.9 Å². The number of halogens is 1. The summed E-state index contributed by atoms with van der Waals surface area (Å²) in [5.74, 6) is 1.22. The number of sulfone groups is 1. The van der Waals surface area contributed by atoms with Gasteiger partial charge in [0.2, 0.25) is 0 Å². The molecule has 0 spiro atoms. The molecule has 0 aromatic heterocycles. The molecule has 0 saturated heterocycles. The molecule has 0 amide bonds. The minimum absolute atomic E-state index is 0.343. The molecule has 0 N–H and O–H groups in total. The normalized spacial score (nSPS) is 13.9. The molecule has 1 atom stereocenters. The van der Waals surface area contributed by atoms with Gasteiger partial charge in [-0.15, -0.1) is 0 Å². The van der Waals surface area contributed by atoms with Crippen molar-refractivity contribution in [3.05, 3.63) is 23.3 Å². The number of rotatable bonds is 5. The van der Waals surface area contributed by atoms with Crippen LogP contribution in [-0.2, 0) is 9.84 Å². The van der Waals surface area contributed by atoms with Crippen LogP contribution in [0.3, 0.4) is 0 Å². The zero-order chi connectivity index (χ0) is 15.7. The Balaban J connectivity index is 3.41. The summed E-state index contributed by atoms with van der Waals surface area (Å²) in [6.45, 7) is 5.33. The highest BCUT2D eigenvalue weighted by Gasteiger charge is 2.39. The van der Waals surface area contributed by atoms with E-state index >= 15 is 0 Å². The predicted octanol–water partition coefficient (Wildman–Crippen LogP) is 3.27. The quantitative estimate of drug-likeness (QED) is 0.752. The number of methoxy groups -OCH3 is 2. The minimum Gasteiger partial charge on any atom is -0.493 e. The Morgan fingerprint density at radius 3 is 2.00 bits per heavy atom. The number of hydrogen-bond acceptors (Lipinski definition) is 4. The molecule has 1 aromatic rings. The third-order valence-electron chi connectivity index (χ3n) is 3.61. The molecule has 1 aromatic carbocycles. The topological polar surface area (TPSA) is 52.6 Å². The van der Waals surface area contributed by atoms with E-state index in [0.29, 0.717) is 11.5 Å². The van der Waals surface area contributed by atoms with E-state index in [1.54, 1.807) is 28.1 Å². The van der Waals surface area contributed by atoms with Gasteiger partial charge in [-0.3, -0.25) is 0 Å². The highest BCUT2D eigenvalue weighted by molar-refractivity contribution is 9.09. The van der Waals surface area contributed by atoms with E-state index in [4.69, 9.17) is 9.47 Å². The molecule has 0 aliphatic heterocycles. The second-order valence-electron chi connectivity index (χ2n) is 5.30. The van der Waals surface area contributed by atoms with Crippen molar-refractivity contribution in [1.29, 1.82) is 0 Å². The Bertz CT molecular complexity index is 593. The predicted molar refractivity (Wildman–Crippen MR) is 84.9 cm³/mol. The summed E-state index contributed by atoms with van der Waals surface area (Å²) < 4.78 is 33.5. The summed E-state index contributed by atoms with van der Waals surface area (Å²) in [4.78, 5) is -0.343. The molecule has 20 heavy (non-hydrogen) atoms. The average Bonchev–Trinajstić information content (AvgIpc) is 2.36. The highest BCUT2D eigenvalue weighted by atomic mass is 79.9. The van der Waals surface area contributed by atoms with Gasteiger partial charge in [0.1, 0.15) is 0 Å². The fraction of sp³-hybridized carbons (Fsp3) is 0.571. The van der Waals surface area contributed by atoms with E-state index in [1.165, 1.54) is 6.26 Å². The van der Waals surface area contributed by atoms with E-state index in [-0.39, 0.29) is 4.83 Å². The van der Waals surface area contributed by atoms with Crippen LogP contribution in [0.1, 0.15) is 29.8 Å². The molecule has 0 radical (unpaired) electrons. The number of aryl methyl sites for hydroxylation is 1. The smallest absolute Gasteiger partial charge is 0.161 e. The maximum atomic E-state index is 12.0. The minimum atomic E-state index is -3.22. The van der Waals surface area contributed by atoms with Gasteiger partial charge in [-0.2, -0.15) is 0 Å². The lowest BCUT2D eigenvalue weighted by molar-refractivity contribution is 0.354. The van der Waals surface area contributed by atoms with Crippen LogP contribution in [-0.4, -0.2) is 33.6 Å². The molecule has 0 saturated carbocycles. The van der Waals surface area contributed by atoms with Crippen molar-refractivity contribution in [2.45, 2.75) is 30.3 Å². The van der Waals surface area contributed by atoms with Crippen LogP contribution in [0.15, 0.2) is 12.1 Å². The maximum absolute atomic E-state index is 12.0. The second-order valence-corrected chi connectivity index (χ2v) is 8.81. The van der Waals surface area contributed by atoms with Crippen molar-refractivity contribution in [2.24, 2.45) is 0 Å². The monoisotopic (exact) mass is 364 g/mol. The third kappa shape index (κ3) is 3.11. The van der Waals surface area contributed by atoms with Gasteiger partial charge >= 0.3 is 0 Å². The molecule has 4 nitrogen and oxygen atoms in total. The van der Waals surface area contributed by atoms with E-state index in [1.807, 2.05) is 19.1 Å². The Morgan fingerprint density at radius 2 is 1.60 bits per heavy atom. The van der Waals surface area contributed by atoms with Gasteiger partial charge in [0.15, 0.2) is 21.3 Å². The lowest BCUT2D eigenvalue weighted by Crippen LogP contribution is -2.35. The molecular weight excluding hydrogens is 344 g/mol. The van der Waals surface area contributed by atoms with Crippen LogP contribution < -0.4 is 9.47 Å². The first-order chi connectivity index (χ1) is 9.06. The van der Waals surface area contributed by atoms with E-state index in [9.17, 15) is 8.42 Å². The van der Waals surface area contributed by atoms with Crippen LogP contribution in [0.4, 0.5) is 0 Å². The summed E-state index contributed by atoms with van der Waals surface area (Å²) >= 11 is 3.53. The lowest BCUT2D eigenvalue weighted by atomic mass is 9.97. The first-order valence-electron chi connectivity index (χ1n) is 6.12. The van der Waals surface area contributed by atoms with Crippen molar-refractivity contribution >= 4 is 25.8 Å². The third-order valence-corrected chi connectivity index (χ3v) is 7.70. The standard InChI is InChI=1S/C14H21BrO4S/c1-9-7-11(18-4)12(19-5)8-10(9)13(15)14(2,3)20(6,16)17/h7-8,13H,1-6H3. The molecule has 114 valence electrons. The van der Waals surface area contributed by atoms with Gasteiger partial charge in [-0.05, 0) is 44.0 Å². The molecular formula is C14H21BrO4S. The fourth-order valence-electron chi connectivity index (χ4n) is 1.83. The van der Waals surface area contributed by atoms with E-state index in [0.717, 1.165) is 11.1 Å². The first-order valence-corrected chi connectivity index (χ1v) is 8.93. The number of ether oxygens (including phenoxy) is 2. The molecule has 0 bridgehead atoms. The fourth-order valence-corrected chi connectivity index (χ4v) is 3.85. The Kier molecular flexibility index (Phi) is 5.13. The molecule has 1 rings (SSSR count). The van der Waals surface area contributed by atoms with Crippen LogP contribution in [0.5, 0.6) is 11.5 Å². The van der Waals surface area contributed by atoms with Gasteiger partial charge < -0.3 is 9.47 Å². The molecule has 6 heteroatoms. The second kappa shape index (κ2) is 5.93. The Hall–Kier alpha value is -0.750. The van der Waals surface area contributed by atoms with Crippen molar-refractivity contribution in [3.8, 4) is 11.5 Å². The largest absolute Gasteiger partial charge is 0.493 e. The van der Waals surface area contributed by atoms with Crippen LogP contribution >= 0.6 is 15.9 Å². The lowest BCUT2D eigenvalue weighted by Gasteiger charge is -2.30. The Labute approximate surface area is 129 Å². The first kappa shape index (κ1) is 17.3. The van der Waals surface area contributed by atoms with Crippen molar-refractivity contribution < 1.29 is 17.9 Å². The van der Waals surface area contributed by atoms with E-state index < -0.39 is 14.6 Å². The number of benzene rings is 1. The summed E-state index contributed by atoms with van der Waals surface area (Å²) in [6.07, 6.45) is 1.25. The number of alkyl halides is 1. The van der Waals surface area contributed by atoms with Crippen molar-refractivity contribution in [3.63, 3.8) is 0 Å². The van der Waals surface area contributed by atoms with Crippen LogP contribution in [0.25, 0.3) is 0 Å². The summed E-state index contributed by atoms with van der Waals surface area (Å²) in [6, 6.07) is 3.67. The SMILES string of the molecule is COc1cc(C)c(C(Br)C(C)(C)S(C)(=O)=O)cc1OC. The van der Waals surface area contributed by atoms with Crippen molar-refractivity contribution in [1.82, 2.24) is 0 Å². The number of hydrogen-bond donors (Lipinski definition) is 0. The highest BCUT2D eigenvalue weighted by Crippen LogP contribution is 2.43. The maximum Gasteiger partial charge on any atom is 0.161 e. The molecule has 0 aliphatic rings. The summed E-state index contributed by atoms with van der Waals surface area (Å²) in [7, 11) is -0.0908. The van der Waals surface area contributed by atoms with Crippen LogP contribution in [0.2, 0.25) is 0 Å². The zero-order valence-corrected chi connectivity index (χ0v) is 15.1. The average molecular weight is 365 g/mol.